The second kappa shape index (κ2) is 4.96. The first-order valence-corrected chi connectivity index (χ1v) is 6.66. The molecular weight excluding hydrogens is 260 g/mol. The van der Waals surface area contributed by atoms with E-state index in [1.54, 1.807) is 6.07 Å². The minimum absolute atomic E-state index is 0.0877. The maximum Gasteiger partial charge on any atom is 0.336 e. The lowest BCUT2D eigenvalue weighted by atomic mass is 10.3. The molecule has 9 heteroatoms. The van der Waals surface area contributed by atoms with Gasteiger partial charge in [0.2, 0.25) is 0 Å². The van der Waals surface area contributed by atoms with E-state index in [-0.39, 0.29) is 18.9 Å². The summed E-state index contributed by atoms with van der Waals surface area (Å²) in [4.78, 5) is 20.2. The van der Waals surface area contributed by atoms with Crippen molar-refractivity contribution in [2.24, 2.45) is 0 Å². The van der Waals surface area contributed by atoms with Crippen LogP contribution in [-0.4, -0.2) is 59.7 Å². The first-order valence-electron chi connectivity index (χ1n) is 5.26. The van der Waals surface area contributed by atoms with Crippen LogP contribution in [0.2, 0.25) is 0 Å². The van der Waals surface area contributed by atoms with Gasteiger partial charge in [-0.3, -0.25) is 9.35 Å². The molecule has 2 rings (SSSR count). The number of rotatable bonds is 3. The van der Waals surface area contributed by atoms with Crippen LogP contribution in [0.4, 0.5) is 5.82 Å². The van der Waals surface area contributed by atoms with Crippen LogP contribution in [0.5, 0.6) is 0 Å². The largest absolute Gasteiger partial charge is 0.354 e. The van der Waals surface area contributed by atoms with Crippen molar-refractivity contribution in [2.75, 3.05) is 31.1 Å². The summed E-state index contributed by atoms with van der Waals surface area (Å²) >= 11 is 0. The number of carbonyl (C=O) groups is 1. The monoisotopic (exact) mass is 272 g/mol. The third-order valence-electron chi connectivity index (χ3n) is 2.65. The van der Waals surface area contributed by atoms with Gasteiger partial charge in [0.1, 0.15) is 5.82 Å². The van der Waals surface area contributed by atoms with E-state index in [4.69, 9.17) is 4.55 Å². The standard InChI is InChI=1S/C9H12N4O4S/c14-7-8-10-2-1-9(11-8)12-3-5-13(6-4-12)18(15,16)17/h1-2,7H,3-6H2,(H,15,16,17). The van der Waals surface area contributed by atoms with Crippen LogP contribution in [0.25, 0.3) is 0 Å². The quantitative estimate of drug-likeness (QED) is 0.568. The van der Waals surface area contributed by atoms with E-state index in [2.05, 4.69) is 9.97 Å². The summed E-state index contributed by atoms with van der Waals surface area (Å²) in [7, 11) is -4.13. The highest BCUT2D eigenvalue weighted by Crippen LogP contribution is 2.13. The van der Waals surface area contributed by atoms with Gasteiger partial charge in [-0.2, -0.15) is 12.7 Å². The normalized spacial score (nSPS) is 17.7. The van der Waals surface area contributed by atoms with Gasteiger partial charge in [-0.1, -0.05) is 0 Å². The number of nitrogens with zero attached hydrogens (tertiary/aromatic N) is 4. The molecule has 0 atom stereocenters. The number of carbonyl (C=O) groups excluding carboxylic acids is 1. The molecule has 0 radical (unpaired) electrons. The lowest BCUT2D eigenvalue weighted by Crippen LogP contribution is -2.48. The van der Waals surface area contributed by atoms with Crippen LogP contribution in [-0.2, 0) is 10.3 Å². The van der Waals surface area contributed by atoms with Gasteiger partial charge < -0.3 is 4.90 Å². The molecule has 1 fully saturated rings. The summed E-state index contributed by atoms with van der Waals surface area (Å²) < 4.78 is 31.7. The van der Waals surface area contributed by atoms with Crippen molar-refractivity contribution in [3.63, 3.8) is 0 Å². The molecule has 0 amide bonds. The maximum atomic E-state index is 10.9. The third-order valence-corrected chi connectivity index (χ3v) is 3.67. The zero-order chi connectivity index (χ0) is 13.2. The molecule has 0 saturated carbocycles. The fraction of sp³-hybridized carbons (Fsp3) is 0.444. The average molecular weight is 272 g/mol. The fourth-order valence-corrected chi connectivity index (χ4v) is 2.37. The Morgan fingerprint density at radius 2 is 1.94 bits per heavy atom. The summed E-state index contributed by atoms with van der Waals surface area (Å²) in [5, 5.41) is 0. The number of hydrogen-bond donors (Lipinski definition) is 1. The smallest absolute Gasteiger partial charge is 0.336 e. The minimum atomic E-state index is -4.13. The van der Waals surface area contributed by atoms with Crippen LogP contribution < -0.4 is 4.90 Å². The van der Waals surface area contributed by atoms with Crippen molar-refractivity contribution in [1.29, 1.82) is 0 Å². The number of aromatic nitrogens is 2. The molecule has 18 heavy (non-hydrogen) atoms. The first kappa shape index (κ1) is 12.9. The predicted octanol–water partition coefficient (Wildman–Crippen LogP) is -0.786. The molecule has 98 valence electrons. The van der Waals surface area contributed by atoms with Gasteiger partial charge >= 0.3 is 10.3 Å². The zero-order valence-corrected chi connectivity index (χ0v) is 10.2. The Morgan fingerprint density at radius 1 is 1.28 bits per heavy atom. The summed E-state index contributed by atoms with van der Waals surface area (Å²) in [6, 6.07) is 1.65. The maximum absolute atomic E-state index is 10.9. The number of piperazine rings is 1. The molecule has 2 heterocycles. The van der Waals surface area contributed by atoms with Gasteiger partial charge in [0, 0.05) is 32.4 Å². The molecule has 0 aromatic carbocycles. The van der Waals surface area contributed by atoms with E-state index in [1.165, 1.54) is 6.20 Å². The highest BCUT2D eigenvalue weighted by atomic mass is 32.2. The molecule has 1 saturated heterocycles. The molecule has 8 nitrogen and oxygen atoms in total. The number of aldehydes is 1. The van der Waals surface area contributed by atoms with Crippen LogP contribution in [0, 0.1) is 0 Å². The second-order valence-corrected chi connectivity index (χ2v) is 5.17. The highest BCUT2D eigenvalue weighted by molar-refractivity contribution is 7.83. The van der Waals surface area contributed by atoms with Crippen LogP contribution >= 0.6 is 0 Å². The van der Waals surface area contributed by atoms with Crippen molar-refractivity contribution in [3.05, 3.63) is 18.1 Å². The molecule has 1 aromatic heterocycles. The third kappa shape index (κ3) is 2.81. The van der Waals surface area contributed by atoms with Gasteiger partial charge in [0.25, 0.3) is 0 Å². The molecule has 1 aliphatic rings. The molecule has 1 aromatic rings. The van der Waals surface area contributed by atoms with E-state index in [1.807, 2.05) is 4.90 Å². The number of anilines is 1. The van der Waals surface area contributed by atoms with Crippen LogP contribution in [0.3, 0.4) is 0 Å². The van der Waals surface area contributed by atoms with Gasteiger partial charge in [-0.15, -0.1) is 0 Å². The molecule has 0 unspecified atom stereocenters. The van der Waals surface area contributed by atoms with Crippen LogP contribution in [0.1, 0.15) is 10.6 Å². The molecule has 0 aliphatic carbocycles. The Labute approximate surface area is 104 Å². The Hall–Kier alpha value is -1.58. The summed E-state index contributed by atoms with van der Waals surface area (Å²) in [5.74, 6) is 0.659. The summed E-state index contributed by atoms with van der Waals surface area (Å²) in [5.41, 5.74) is 0. The van der Waals surface area contributed by atoms with Crippen molar-refractivity contribution < 1.29 is 17.8 Å². The van der Waals surface area contributed by atoms with Crippen LogP contribution in [0.15, 0.2) is 12.3 Å². The predicted molar refractivity (Wildman–Crippen MR) is 62.8 cm³/mol. The molecule has 0 bridgehead atoms. The summed E-state index contributed by atoms with van der Waals surface area (Å²) in [6.45, 7) is 1.16. The Morgan fingerprint density at radius 3 is 2.50 bits per heavy atom. The Balaban J connectivity index is 2.07. The van der Waals surface area contributed by atoms with Gasteiger partial charge in [0.05, 0.1) is 0 Å². The van der Waals surface area contributed by atoms with E-state index in [0.717, 1.165) is 4.31 Å². The molecule has 1 aliphatic heterocycles. The highest BCUT2D eigenvalue weighted by Gasteiger charge is 2.25. The van der Waals surface area contributed by atoms with Crippen molar-refractivity contribution in [1.82, 2.24) is 14.3 Å². The Bertz CT molecular complexity index is 539. The average Bonchev–Trinajstić information content (AvgIpc) is 2.38. The van der Waals surface area contributed by atoms with E-state index < -0.39 is 10.3 Å². The van der Waals surface area contributed by atoms with E-state index in [9.17, 15) is 13.2 Å². The summed E-state index contributed by atoms with van der Waals surface area (Å²) in [6.07, 6.45) is 2.03. The first-order chi connectivity index (χ1) is 8.50. The lowest BCUT2D eigenvalue weighted by molar-refractivity contribution is 0.111. The lowest BCUT2D eigenvalue weighted by Gasteiger charge is -2.33. The van der Waals surface area contributed by atoms with Gasteiger partial charge in [0.15, 0.2) is 12.1 Å². The van der Waals surface area contributed by atoms with Crippen molar-refractivity contribution in [3.8, 4) is 0 Å². The fourth-order valence-electron chi connectivity index (χ4n) is 1.74. The van der Waals surface area contributed by atoms with Gasteiger partial charge in [-0.05, 0) is 6.07 Å². The molecule has 1 N–H and O–H groups in total. The van der Waals surface area contributed by atoms with E-state index >= 15 is 0 Å². The molecule has 0 spiro atoms. The SMILES string of the molecule is O=Cc1nccc(N2CCN(S(=O)(=O)O)CC2)n1. The minimum Gasteiger partial charge on any atom is -0.354 e. The topological polar surface area (TPSA) is 104 Å². The number of hydrogen-bond acceptors (Lipinski definition) is 6. The van der Waals surface area contributed by atoms with E-state index in [0.29, 0.717) is 25.2 Å². The van der Waals surface area contributed by atoms with Gasteiger partial charge in [-0.25, -0.2) is 9.97 Å². The second-order valence-electron chi connectivity index (χ2n) is 3.75. The Kier molecular flexibility index (Phi) is 3.55. The zero-order valence-electron chi connectivity index (χ0n) is 9.43. The molecular formula is C9H12N4O4S. The van der Waals surface area contributed by atoms with Crippen molar-refractivity contribution >= 4 is 22.4 Å². The van der Waals surface area contributed by atoms with Crippen molar-refractivity contribution in [2.45, 2.75) is 0 Å².